The molecule has 0 spiro atoms. The highest BCUT2D eigenvalue weighted by Crippen LogP contribution is 2.53. The lowest BCUT2D eigenvalue weighted by Gasteiger charge is -2.26. The standard InChI is InChI=1S/C12H18BrOP/c1-9(2)15(14,10(3)4)12-7-5-6-11(13)8-12/h5-10H,1-4H3. The summed E-state index contributed by atoms with van der Waals surface area (Å²) >= 11 is 3.43. The van der Waals surface area contributed by atoms with Crippen molar-refractivity contribution >= 4 is 28.4 Å². The third-order valence-corrected chi connectivity index (χ3v) is 7.39. The predicted octanol–water partition coefficient (Wildman–Crippen LogP) is 4.25. The average molecular weight is 289 g/mol. The van der Waals surface area contributed by atoms with Gasteiger partial charge in [-0.05, 0) is 12.1 Å². The molecule has 0 saturated heterocycles. The molecule has 0 aliphatic rings. The Kier molecular flexibility index (Phi) is 4.20. The molecule has 0 heterocycles. The molecule has 0 saturated carbocycles. The second kappa shape index (κ2) is 4.84. The molecule has 1 aromatic carbocycles. The smallest absolute Gasteiger partial charge is 0.120 e. The molecule has 1 rings (SSSR count). The second-order valence-electron chi connectivity index (χ2n) is 4.38. The minimum atomic E-state index is -2.27. The fourth-order valence-corrected chi connectivity index (χ4v) is 5.51. The molecule has 0 N–H and O–H groups in total. The van der Waals surface area contributed by atoms with Crippen molar-refractivity contribution in [2.45, 2.75) is 39.0 Å². The van der Waals surface area contributed by atoms with Crippen LogP contribution in [0.1, 0.15) is 27.7 Å². The highest BCUT2D eigenvalue weighted by Gasteiger charge is 2.32. The van der Waals surface area contributed by atoms with Crippen LogP contribution in [0.4, 0.5) is 0 Å². The summed E-state index contributed by atoms with van der Waals surface area (Å²) in [5, 5.41) is 0.988. The average Bonchev–Trinajstić information content (AvgIpc) is 2.15. The Bertz CT molecular complexity index is 373. The van der Waals surface area contributed by atoms with Crippen molar-refractivity contribution in [3.63, 3.8) is 0 Å². The molecule has 1 aromatic rings. The van der Waals surface area contributed by atoms with Gasteiger partial charge >= 0.3 is 0 Å². The Morgan fingerprint density at radius 3 is 2.07 bits per heavy atom. The molecule has 0 atom stereocenters. The van der Waals surface area contributed by atoms with Crippen molar-refractivity contribution in [1.82, 2.24) is 0 Å². The van der Waals surface area contributed by atoms with E-state index in [0.717, 1.165) is 9.78 Å². The van der Waals surface area contributed by atoms with Gasteiger partial charge in [0.15, 0.2) is 0 Å². The van der Waals surface area contributed by atoms with E-state index in [2.05, 4.69) is 15.9 Å². The van der Waals surface area contributed by atoms with Gasteiger partial charge in [-0.15, -0.1) is 0 Å². The molecule has 0 unspecified atom stereocenters. The highest BCUT2D eigenvalue weighted by atomic mass is 79.9. The van der Waals surface area contributed by atoms with E-state index in [1.54, 1.807) is 0 Å². The summed E-state index contributed by atoms with van der Waals surface area (Å²) < 4.78 is 13.9. The zero-order valence-electron chi connectivity index (χ0n) is 9.70. The molecule has 3 heteroatoms. The normalized spacial score (nSPS) is 12.5. The lowest BCUT2D eigenvalue weighted by Crippen LogP contribution is -2.19. The number of hydrogen-bond acceptors (Lipinski definition) is 1. The van der Waals surface area contributed by atoms with Crippen LogP contribution in [0.3, 0.4) is 0 Å². The van der Waals surface area contributed by atoms with Crippen molar-refractivity contribution in [3.8, 4) is 0 Å². The lowest BCUT2D eigenvalue weighted by atomic mass is 10.4. The molecule has 0 fully saturated rings. The van der Waals surface area contributed by atoms with E-state index >= 15 is 0 Å². The van der Waals surface area contributed by atoms with E-state index in [0.29, 0.717) is 0 Å². The molecule has 0 radical (unpaired) electrons. The summed E-state index contributed by atoms with van der Waals surface area (Å²) in [6, 6.07) is 7.89. The van der Waals surface area contributed by atoms with Crippen LogP contribution >= 0.6 is 23.1 Å². The largest absolute Gasteiger partial charge is 0.318 e. The Morgan fingerprint density at radius 2 is 1.67 bits per heavy atom. The van der Waals surface area contributed by atoms with E-state index in [1.807, 2.05) is 52.0 Å². The van der Waals surface area contributed by atoms with Crippen molar-refractivity contribution < 1.29 is 4.57 Å². The van der Waals surface area contributed by atoms with Crippen LogP contribution in [-0.4, -0.2) is 11.3 Å². The fraction of sp³-hybridized carbons (Fsp3) is 0.500. The van der Waals surface area contributed by atoms with Gasteiger partial charge in [0.1, 0.15) is 7.14 Å². The number of benzene rings is 1. The Labute approximate surface area is 101 Å². The van der Waals surface area contributed by atoms with Crippen LogP contribution in [-0.2, 0) is 4.57 Å². The zero-order valence-corrected chi connectivity index (χ0v) is 12.2. The Morgan fingerprint density at radius 1 is 1.13 bits per heavy atom. The van der Waals surface area contributed by atoms with Gasteiger partial charge in [0.2, 0.25) is 0 Å². The first-order valence-electron chi connectivity index (χ1n) is 5.24. The maximum atomic E-state index is 12.9. The van der Waals surface area contributed by atoms with Crippen molar-refractivity contribution in [1.29, 1.82) is 0 Å². The van der Waals surface area contributed by atoms with Gasteiger partial charge in [0.05, 0.1) is 0 Å². The molecule has 0 aliphatic heterocycles. The molecule has 0 amide bonds. The van der Waals surface area contributed by atoms with Gasteiger partial charge in [0, 0.05) is 21.1 Å². The van der Waals surface area contributed by atoms with Crippen molar-refractivity contribution in [2.24, 2.45) is 0 Å². The van der Waals surface area contributed by atoms with Gasteiger partial charge in [-0.2, -0.15) is 0 Å². The minimum absolute atomic E-state index is 0.201. The summed E-state index contributed by atoms with van der Waals surface area (Å²) in [6.07, 6.45) is 0. The summed E-state index contributed by atoms with van der Waals surface area (Å²) in [4.78, 5) is 0. The monoisotopic (exact) mass is 288 g/mol. The van der Waals surface area contributed by atoms with Crippen LogP contribution in [0.2, 0.25) is 0 Å². The summed E-state index contributed by atoms with van der Waals surface area (Å²) in [5.74, 6) is 0. The van der Waals surface area contributed by atoms with Gasteiger partial charge in [-0.1, -0.05) is 55.8 Å². The Balaban J connectivity index is 3.28. The number of hydrogen-bond donors (Lipinski definition) is 0. The van der Waals surface area contributed by atoms with Crippen LogP contribution in [0, 0.1) is 0 Å². The number of rotatable bonds is 3. The minimum Gasteiger partial charge on any atom is -0.318 e. The van der Waals surface area contributed by atoms with Gasteiger partial charge in [-0.3, -0.25) is 0 Å². The summed E-state index contributed by atoms with van der Waals surface area (Å²) in [5.41, 5.74) is 0.401. The number of halogens is 1. The molecule has 0 aromatic heterocycles. The van der Waals surface area contributed by atoms with E-state index < -0.39 is 7.14 Å². The Hall–Kier alpha value is -0.0700. The second-order valence-corrected chi connectivity index (χ2v) is 9.29. The topological polar surface area (TPSA) is 17.1 Å². The third-order valence-electron chi connectivity index (χ3n) is 2.75. The third kappa shape index (κ3) is 2.54. The van der Waals surface area contributed by atoms with Crippen LogP contribution in [0.5, 0.6) is 0 Å². The van der Waals surface area contributed by atoms with Gasteiger partial charge in [-0.25, -0.2) is 0 Å². The maximum absolute atomic E-state index is 12.9. The molecule has 15 heavy (non-hydrogen) atoms. The van der Waals surface area contributed by atoms with Crippen molar-refractivity contribution in [3.05, 3.63) is 28.7 Å². The first-order valence-corrected chi connectivity index (χ1v) is 7.88. The lowest BCUT2D eigenvalue weighted by molar-refractivity contribution is 0.569. The SMILES string of the molecule is CC(C)P(=O)(c1cccc(Br)c1)C(C)C. The molecular weight excluding hydrogens is 271 g/mol. The van der Waals surface area contributed by atoms with Crippen LogP contribution < -0.4 is 5.30 Å². The quantitative estimate of drug-likeness (QED) is 0.760. The molecule has 0 aliphatic carbocycles. The zero-order chi connectivity index (χ0) is 11.6. The van der Waals surface area contributed by atoms with Gasteiger partial charge in [0.25, 0.3) is 0 Å². The highest BCUT2D eigenvalue weighted by molar-refractivity contribution is 9.10. The summed E-state index contributed by atoms with van der Waals surface area (Å²) in [6.45, 7) is 8.17. The first kappa shape index (κ1) is 13.0. The molecule has 0 bridgehead atoms. The molecular formula is C12H18BrOP. The van der Waals surface area contributed by atoms with E-state index in [4.69, 9.17) is 0 Å². The summed E-state index contributed by atoms with van der Waals surface area (Å²) in [7, 11) is -2.27. The predicted molar refractivity (Wildman–Crippen MR) is 71.7 cm³/mol. The van der Waals surface area contributed by atoms with Gasteiger partial charge < -0.3 is 4.57 Å². The van der Waals surface area contributed by atoms with E-state index in [-0.39, 0.29) is 11.3 Å². The van der Waals surface area contributed by atoms with Crippen LogP contribution in [0.15, 0.2) is 28.7 Å². The van der Waals surface area contributed by atoms with E-state index in [1.165, 1.54) is 0 Å². The molecule has 84 valence electrons. The maximum Gasteiger partial charge on any atom is 0.120 e. The van der Waals surface area contributed by atoms with E-state index in [9.17, 15) is 4.57 Å². The fourth-order valence-electron chi connectivity index (χ4n) is 1.89. The first-order chi connectivity index (χ1) is 6.89. The molecule has 1 nitrogen and oxygen atoms in total. The van der Waals surface area contributed by atoms with Crippen LogP contribution in [0.25, 0.3) is 0 Å². The van der Waals surface area contributed by atoms with Crippen molar-refractivity contribution in [2.75, 3.05) is 0 Å².